The highest BCUT2D eigenvalue weighted by Crippen LogP contribution is 2.28. The summed E-state index contributed by atoms with van der Waals surface area (Å²) in [6, 6.07) is 14.8. The van der Waals surface area contributed by atoms with E-state index in [0.717, 1.165) is 4.90 Å². The van der Waals surface area contributed by atoms with Gasteiger partial charge in [-0.1, -0.05) is 38.1 Å². The smallest absolute Gasteiger partial charge is 0.261 e. The predicted octanol–water partition coefficient (Wildman–Crippen LogP) is 2.17. The third-order valence-electron chi connectivity index (χ3n) is 7.28. The Balaban J connectivity index is 1.63. The Morgan fingerprint density at radius 2 is 1.55 bits per heavy atom. The van der Waals surface area contributed by atoms with Gasteiger partial charge in [-0.05, 0) is 54.3 Å². The second kappa shape index (κ2) is 13.8. The molecule has 13 heteroatoms. The van der Waals surface area contributed by atoms with Crippen LogP contribution in [0.5, 0.6) is 0 Å². The van der Waals surface area contributed by atoms with Crippen molar-refractivity contribution in [2.45, 2.75) is 32.7 Å². The van der Waals surface area contributed by atoms with E-state index < -0.39 is 53.8 Å². The van der Waals surface area contributed by atoms with E-state index >= 15 is 0 Å². The Bertz CT molecular complexity index is 1530. The van der Waals surface area contributed by atoms with Crippen molar-refractivity contribution >= 4 is 41.1 Å². The van der Waals surface area contributed by atoms with E-state index in [1.54, 1.807) is 47.9 Å². The van der Waals surface area contributed by atoms with Crippen molar-refractivity contribution in [1.29, 1.82) is 0 Å². The van der Waals surface area contributed by atoms with Gasteiger partial charge in [0.25, 0.3) is 11.8 Å². The summed E-state index contributed by atoms with van der Waals surface area (Å²) in [7, 11) is 0. The van der Waals surface area contributed by atoms with Crippen molar-refractivity contribution in [2.24, 2.45) is 34.2 Å². The minimum atomic E-state index is -1.33. The van der Waals surface area contributed by atoms with Gasteiger partial charge in [0.1, 0.15) is 0 Å². The fraction of sp³-hybridized carbons (Fsp3) is 0.290. The molecule has 4 rings (SSSR count). The molecule has 0 saturated heterocycles. The van der Waals surface area contributed by atoms with Crippen LogP contribution in [0.15, 0.2) is 76.3 Å². The Hall–Kier alpha value is -5.30. The zero-order valence-electron chi connectivity index (χ0n) is 24.2. The van der Waals surface area contributed by atoms with Gasteiger partial charge in [-0.25, -0.2) is 10.5 Å². The van der Waals surface area contributed by atoms with Gasteiger partial charge in [-0.15, -0.1) is 0 Å². The molecule has 0 saturated carbocycles. The highest BCUT2D eigenvalue weighted by Gasteiger charge is 2.43. The molecule has 1 aliphatic heterocycles. The molecule has 0 radical (unpaired) electrons. The molecular weight excluding hydrogens is 568 g/mol. The van der Waals surface area contributed by atoms with Crippen LogP contribution in [-0.4, -0.2) is 58.1 Å². The molecule has 3 aromatic rings. The van der Waals surface area contributed by atoms with Crippen LogP contribution in [0.4, 0.5) is 5.69 Å². The molecule has 1 aromatic heterocycles. The second-order valence-electron chi connectivity index (χ2n) is 10.9. The van der Waals surface area contributed by atoms with Crippen LogP contribution in [-0.2, 0) is 16.0 Å². The molecule has 3 atom stereocenters. The maximum atomic E-state index is 14.0. The Morgan fingerprint density at radius 3 is 2.07 bits per heavy atom. The van der Waals surface area contributed by atoms with E-state index in [4.69, 9.17) is 15.9 Å². The predicted molar refractivity (Wildman–Crippen MR) is 159 cm³/mol. The monoisotopic (exact) mass is 602 g/mol. The number of carbonyl (C=O) groups is 5. The number of amides is 4. The summed E-state index contributed by atoms with van der Waals surface area (Å²) in [6.07, 6.45) is 1.53. The number of guanidine groups is 1. The van der Waals surface area contributed by atoms with Gasteiger partial charge in [0, 0.05) is 13.0 Å². The van der Waals surface area contributed by atoms with Gasteiger partial charge in [-0.2, -0.15) is 0 Å². The third-order valence-corrected chi connectivity index (χ3v) is 7.28. The van der Waals surface area contributed by atoms with Crippen LogP contribution in [0.3, 0.4) is 0 Å². The molecule has 44 heavy (non-hydrogen) atoms. The molecule has 2 aromatic carbocycles. The number of Topliss-reactive ketones (excluding diaryl/α,β-unsaturated/α-hetero) is 1. The Morgan fingerprint density at radius 1 is 0.909 bits per heavy atom. The van der Waals surface area contributed by atoms with E-state index in [2.05, 4.69) is 10.3 Å². The molecule has 1 aliphatic rings. The Labute approximate surface area is 253 Å². The van der Waals surface area contributed by atoms with E-state index in [-0.39, 0.29) is 41.6 Å². The molecule has 0 aliphatic carbocycles. The number of hydroxylamine groups is 1. The van der Waals surface area contributed by atoms with E-state index in [1.807, 2.05) is 13.8 Å². The lowest BCUT2D eigenvalue weighted by Crippen LogP contribution is -2.51. The van der Waals surface area contributed by atoms with Crippen LogP contribution in [0.2, 0.25) is 0 Å². The number of furan rings is 1. The van der Waals surface area contributed by atoms with Crippen molar-refractivity contribution in [3.8, 4) is 0 Å². The van der Waals surface area contributed by atoms with Crippen molar-refractivity contribution < 1.29 is 33.6 Å². The van der Waals surface area contributed by atoms with Crippen molar-refractivity contribution in [3.05, 3.63) is 89.4 Å². The van der Waals surface area contributed by atoms with Gasteiger partial charge < -0.3 is 21.2 Å². The minimum absolute atomic E-state index is 0.0171. The number of fused-ring (bicyclic) bond motifs is 1. The summed E-state index contributed by atoms with van der Waals surface area (Å²) in [5, 5.41) is 12.4. The molecule has 1 unspecified atom stereocenters. The lowest BCUT2D eigenvalue weighted by Gasteiger charge is -2.30. The number of hydrogen-bond acceptors (Lipinski definition) is 8. The average Bonchev–Trinajstić information content (AvgIpc) is 3.62. The largest absolute Gasteiger partial charge is 0.461 e. The van der Waals surface area contributed by atoms with Gasteiger partial charge in [0.05, 0.1) is 41.0 Å². The third kappa shape index (κ3) is 7.18. The molecule has 0 fully saturated rings. The van der Waals surface area contributed by atoms with Gasteiger partial charge in [0.2, 0.25) is 17.6 Å². The molecule has 0 bridgehead atoms. The van der Waals surface area contributed by atoms with E-state index in [0.29, 0.717) is 11.3 Å². The fourth-order valence-electron chi connectivity index (χ4n) is 5.21. The standard InChI is InChI=1S/C31H34N6O7/c1-17(2)14-22(23(28(40)36-43)16-37-29(41)20-6-3-4-7-21(20)30(37)42)27(39)35-24(26(38)25-8-5-13-44-25)15-18-9-11-19(12-10-18)34-31(32)33/h3-13,17,22-24,43H,14-16H2,1-2H3,(H,35,39)(H,36,40)(H4,32,33,34)/t22-,23?,24-/m0/s1. The maximum absolute atomic E-state index is 14.0. The number of benzene rings is 2. The summed E-state index contributed by atoms with van der Waals surface area (Å²) in [6.45, 7) is 3.20. The molecule has 4 amide bonds. The maximum Gasteiger partial charge on any atom is 0.261 e. The Kier molecular flexibility index (Phi) is 9.91. The van der Waals surface area contributed by atoms with Crippen LogP contribution in [0, 0.1) is 17.8 Å². The number of imide groups is 1. The summed E-state index contributed by atoms with van der Waals surface area (Å²) >= 11 is 0. The minimum Gasteiger partial charge on any atom is -0.461 e. The summed E-state index contributed by atoms with van der Waals surface area (Å²) in [5.74, 6) is -6.05. The first-order valence-electron chi connectivity index (χ1n) is 14.0. The number of rotatable bonds is 13. The SMILES string of the molecule is CC(C)C[C@H](C(=O)N[C@@H](Cc1ccc(N=C(N)N)cc1)C(=O)c1ccco1)C(CN1C(=O)c2ccccc2C1=O)C(=O)NO. The molecule has 7 N–H and O–H groups in total. The lowest BCUT2D eigenvalue weighted by atomic mass is 9.83. The van der Waals surface area contributed by atoms with Crippen molar-refractivity contribution in [1.82, 2.24) is 15.7 Å². The number of aliphatic imine (C=N–C) groups is 1. The highest BCUT2D eigenvalue weighted by atomic mass is 16.5. The topological polar surface area (TPSA) is 210 Å². The van der Waals surface area contributed by atoms with E-state index in [1.165, 1.54) is 24.5 Å². The zero-order chi connectivity index (χ0) is 32.0. The number of ketones is 1. The van der Waals surface area contributed by atoms with Gasteiger partial charge in [-0.3, -0.25) is 34.1 Å². The molecule has 230 valence electrons. The van der Waals surface area contributed by atoms with Gasteiger partial charge in [0.15, 0.2) is 11.7 Å². The molecule has 0 spiro atoms. The number of nitrogens with zero attached hydrogens (tertiary/aromatic N) is 2. The lowest BCUT2D eigenvalue weighted by molar-refractivity contribution is -0.141. The number of nitrogens with two attached hydrogens (primary N) is 2. The van der Waals surface area contributed by atoms with Crippen LogP contribution >= 0.6 is 0 Å². The van der Waals surface area contributed by atoms with Gasteiger partial charge >= 0.3 is 0 Å². The van der Waals surface area contributed by atoms with E-state index in [9.17, 15) is 29.2 Å². The number of nitrogens with one attached hydrogen (secondary N) is 2. The quantitative estimate of drug-likeness (QED) is 0.0484. The summed E-state index contributed by atoms with van der Waals surface area (Å²) in [5.41, 5.74) is 14.0. The van der Waals surface area contributed by atoms with Crippen molar-refractivity contribution in [2.75, 3.05) is 6.54 Å². The summed E-state index contributed by atoms with van der Waals surface area (Å²) < 4.78 is 5.30. The molecular formula is C31H34N6O7. The number of hydrogen-bond donors (Lipinski definition) is 5. The highest BCUT2D eigenvalue weighted by molar-refractivity contribution is 6.21. The molecule has 2 heterocycles. The van der Waals surface area contributed by atoms with Crippen LogP contribution < -0.4 is 22.3 Å². The molecule has 13 nitrogen and oxygen atoms in total. The zero-order valence-corrected chi connectivity index (χ0v) is 24.2. The first-order chi connectivity index (χ1) is 21.0. The average molecular weight is 603 g/mol. The number of carbonyl (C=O) groups excluding carboxylic acids is 5. The summed E-state index contributed by atoms with van der Waals surface area (Å²) in [4.78, 5) is 71.5. The first-order valence-corrected chi connectivity index (χ1v) is 14.0. The second-order valence-corrected chi connectivity index (χ2v) is 10.9. The van der Waals surface area contributed by atoms with Crippen molar-refractivity contribution in [3.63, 3.8) is 0 Å². The fourth-order valence-corrected chi connectivity index (χ4v) is 5.21. The first kappa shape index (κ1) is 31.6. The normalized spacial score (nSPS) is 14.5. The van der Waals surface area contributed by atoms with Crippen LogP contribution in [0.25, 0.3) is 0 Å². The van der Waals surface area contributed by atoms with Crippen LogP contribution in [0.1, 0.15) is 57.1 Å².